The Kier molecular flexibility index (Phi) is 11.5. The van der Waals surface area contributed by atoms with E-state index in [0.29, 0.717) is 56.2 Å². The van der Waals surface area contributed by atoms with Crippen LogP contribution in [-0.2, 0) is 22.5 Å². The number of amides is 1. The first-order valence-corrected chi connectivity index (χ1v) is 15.9. The molecule has 1 aliphatic rings. The van der Waals surface area contributed by atoms with E-state index in [1.807, 2.05) is 0 Å². The van der Waals surface area contributed by atoms with E-state index in [1.54, 1.807) is 84.9 Å². The highest BCUT2D eigenvalue weighted by atomic mass is 35.5. The van der Waals surface area contributed by atoms with E-state index >= 15 is 0 Å². The Hall–Kier alpha value is -3.99. The van der Waals surface area contributed by atoms with Gasteiger partial charge in [-0.3, -0.25) is 10.2 Å². The lowest BCUT2D eigenvalue weighted by atomic mass is 9.81. The largest absolute Gasteiger partial charge is 0.494 e. The van der Waals surface area contributed by atoms with Crippen molar-refractivity contribution in [3.05, 3.63) is 138 Å². The number of rotatable bonds is 13. The van der Waals surface area contributed by atoms with E-state index in [-0.39, 0.29) is 30.5 Å². The Labute approximate surface area is 290 Å². The predicted octanol–water partition coefficient (Wildman–Crippen LogP) is 8.32. The fraction of sp³-hybridized carbons (Fsp3) is 0.212. The van der Waals surface area contributed by atoms with Crippen LogP contribution < -0.4 is 15.6 Å². The highest BCUT2D eigenvalue weighted by Crippen LogP contribution is 2.46. The summed E-state index contributed by atoms with van der Waals surface area (Å²) in [4.78, 5) is 22.4. The summed E-state index contributed by atoms with van der Waals surface area (Å²) in [5.41, 5.74) is 16.1. The maximum atomic E-state index is 14.5. The number of aliphatic imine (C=N–C) groups is 1. The maximum absolute atomic E-state index is 14.5. The van der Waals surface area contributed by atoms with Crippen LogP contribution >= 0.6 is 46.4 Å². The number of carbonyl (C=O) groups is 1. The molecule has 2 atom stereocenters. The second-order valence-corrected chi connectivity index (χ2v) is 12.2. The molecule has 10 nitrogen and oxygen atoms in total. The van der Waals surface area contributed by atoms with Gasteiger partial charge in [0.25, 0.3) is 5.91 Å². The van der Waals surface area contributed by atoms with Crippen LogP contribution in [0.3, 0.4) is 0 Å². The lowest BCUT2D eigenvalue weighted by molar-refractivity contribution is -0.130. The smallest absolute Gasteiger partial charge is 0.266 e. The van der Waals surface area contributed by atoms with Gasteiger partial charge in [-0.05, 0) is 65.2 Å². The van der Waals surface area contributed by atoms with Crippen molar-refractivity contribution >= 4 is 63.9 Å². The standard InChI is InChI=1S/C33H28Cl4N6O4/c34-23-9-12-25(27(36)17-23)30-33(18-22-4-1-2-5-29(22)41-43-38,32(45)42-39-19-20-6-13-26(35)28(37)16-20)40-31(47-30)21-7-10-24(11-8-21)46-15-3-14-44/h1-2,4-13,16-17,30,39,44H,3,14-15,18-19H2,(H,42,45)/t30-,33-/m0/s1. The van der Waals surface area contributed by atoms with Crippen LogP contribution in [0.4, 0.5) is 5.69 Å². The van der Waals surface area contributed by atoms with Crippen LogP contribution in [0.1, 0.15) is 34.8 Å². The van der Waals surface area contributed by atoms with Crippen LogP contribution in [0.15, 0.2) is 95.0 Å². The number of hydrogen-bond donors (Lipinski definition) is 3. The summed E-state index contributed by atoms with van der Waals surface area (Å²) in [5.74, 6) is 0.240. The van der Waals surface area contributed by atoms with E-state index in [2.05, 4.69) is 20.9 Å². The molecule has 0 bridgehead atoms. The third-order valence-electron chi connectivity index (χ3n) is 7.36. The van der Waals surface area contributed by atoms with Crippen LogP contribution in [0.25, 0.3) is 10.4 Å². The van der Waals surface area contributed by atoms with Crippen LogP contribution in [0.5, 0.6) is 5.75 Å². The minimum absolute atomic E-state index is 0.0205. The summed E-state index contributed by atoms with van der Waals surface area (Å²) >= 11 is 25.2. The third-order valence-corrected chi connectivity index (χ3v) is 8.66. The molecule has 0 aromatic heterocycles. The first-order chi connectivity index (χ1) is 22.7. The molecule has 0 aliphatic carbocycles. The average molecular weight is 714 g/mol. The normalized spacial score (nSPS) is 17.0. The summed E-state index contributed by atoms with van der Waals surface area (Å²) in [5, 5.41) is 14.4. The monoisotopic (exact) mass is 712 g/mol. The molecule has 14 heteroatoms. The van der Waals surface area contributed by atoms with Crippen molar-refractivity contribution in [3.8, 4) is 5.75 Å². The molecule has 1 aliphatic heterocycles. The first kappa shape index (κ1) is 34.3. The third kappa shape index (κ3) is 8.12. The van der Waals surface area contributed by atoms with Crippen molar-refractivity contribution in [1.82, 2.24) is 10.9 Å². The van der Waals surface area contributed by atoms with Crippen molar-refractivity contribution in [1.29, 1.82) is 0 Å². The van der Waals surface area contributed by atoms with Gasteiger partial charge in [-0.15, -0.1) is 0 Å². The van der Waals surface area contributed by atoms with Gasteiger partial charge in [0.1, 0.15) is 5.75 Å². The molecule has 4 aromatic rings. The Balaban J connectivity index is 1.58. The van der Waals surface area contributed by atoms with Crippen LogP contribution in [0.2, 0.25) is 20.1 Å². The molecule has 0 saturated heterocycles. The SMILES string of the molecule is [N-]=[N+]=Nc1ccccc1C[C@]1(C(=O)NNCc2ccc(Cl)c(Cl)c2)N=C(c2ccc(OCCCO)cc2)O[C@H]1c1ccc(Cl)cc1Cl. The number of halogens is 4. The zero-order valence-electron chi connectivity index (χ0n) is 24.7. The van der Waals surface area contributed by atoms with Gasteiger partial charge in [-0.25, -0.2) is 10.4 Å². The molecule has 1 amide bonds. The molecule has 1 heterocycles. The zero-order valence-corrected chi connectivity index (χ0v) is 27.7. The summed E-state index contributed by atoms with van der Waals surface area (Å²) in [7, 11) is 0. The number of aliphatic hydroxyl groups excluding tert-OH is 1. The number of nitrogens with one attached hydrogen (secondary N) is 2. The van der Waals surface area contributed by atoms with Crippen molar-refractivity contribution < 1.29 is 19.4 Å². The first-order valence-electron chi connectivity index (χ1n) is 14.4. The summed E-state index contributed by atoms with van der Waals surface area (Å²) in [6.07, 6.45) is -0.568. The fourth-order valence-electron chi connectivity index (χ4n) is 5.05. The number of nitrogens with zero attached hydrogens (tertiary/aromatic N) is 4. The molecule has 242 valence electrons. The number of azide groups is 1. The Bertz CT molecular complexity index is 1830. The van der Waals surface area contributed by atoms with Gasteiger partial charge in [-0.2, -0.15) is 0 Å². The van der Waals surface area contributed by atoms with Crippen LogP contribution in [-0.4, -0.2) is 35.7 Å². The highest BCUT2D eigenvalue weighted by molar-refractivity contribution is 6.42. The van der Waals surface area contributed by atoms with Crippen molar-refractivity contribution in [2.45, 2.75) is 31.0 Å². The van der Waals surface area contributed by atoms with Gasteiger partial charge < -0.3 is 14.6 Å². The molecule has 0 saturated carbocycles. The molecule has 47 heavy (non-hydrogen) atoms. The summed E-state index contributed by atoms with van der Waals surface area (Å²) in [6.45, 7) is 0.593. The fourth-order valence-corrected chi connectivity index (χ4v) is 5.88. The quantitative estimate of drug-likeness (QED) is 0.0420. The molecule has 0 unspecified atom stereocenters. The molecule has 0 radical (unpaired) electrons. The minimum atomic E-state index is -1.66. The van der Waals surface area contributed by atoms with Crippen molar-refractivity contribution in [3.63, 3.8) is 0 Å². The molecule has 5 rings (SSSR count). The van der Waals surface area contributed by atoms with E-state index in [9.17, 15) is 10.3 Å². The van der Waals surface area contributed by atoms with Crippen LogP contribution in [0, 0.1) is 0 Å². The van der Waals surface area contributed by atoms with Crippen molar-refractivity contribution in [2.75, 3.05) is 13.2 Å². The lowest BCUT2D eigenvalue weighted by Gasteiger charge is -2.31. The number of ether oxygens (including phenoxy) is 2. The average Bonchev–Trinajstić information content (AvgIpc) is 3.44. The van der Waals surface area contributed by atoms with E-state index in [0.717, 1.165) is 5.56 Å². The number of hydrogen-bond acceptors (Lipinski definition) is 7. The summed E-state index contributed by atoms with van der Waals surface area (Å²) in [6, 6.07) is 24.0. The van der Waals surface area contributed by atoms with Gasteiger partial charge in [-0.1, -0.05) is 87.9 Å². The second-order valence-electron chi connectivity index (χ2n) is 10.5. The Morgan fingerprint density at radius 2 is 1.79 bits per heavy atom. The molecule has 0 spiro atoms. The van der Waals surface area contributed by atoms with Gasteiger partial charge in [0.05, 0.1) is 16.7 Å². The summed E-state index contributed by atoms with van der Waals surface area (Å²) < 4.78 is 12.2. The Morgan fingerprint density at radius 3 is 2.51 bits per heavy atom. The molecule has 4 aromatic carbocycles. The predicted molar refractivity (Wildman–Crippen MR) is 184 cm³/mol. The zero-order chi connectivity index (χ0) is 33.4. The molecular formula is C33H28Cl4N6O4. The number of benzene rings is 4. The van der Waals surface area contributed by atoms with E-state index in [1.165, 1.54) is 0 Å². The second kappa shape index (κ2) is 15.7. The van der Waals surface area contributed by atoms with Gasteiger partial charge in [0.15, 0.2) is 11.6 Å². The van der Waals surface area contributed by atoms with Gasteiger partial charge in [0, 0.05) is 57.8 Å². The van der Waals surface area contributed by atoms with Crippen molar-refractivity contribution in [2.24, 2.45) is 10.1 Å². The number of aliphatic hydroxyl groups is 1. The highest BCUT2D eigenvalue weighted by Gasteiger charge is 2.54. The number of carbonyl (C=O) groups excluding carboxylic acids is 1. The maximum Gasteiger partial charge on any atom is 0.266 e. The lowest BCUT2D eigenvalue weighted by Crippen LogP contribution is -2.53. The topological polar surface area (TPSA) is 141 Å². The van der Waals surface area contributed by atoms with E-state index < -0.39 is 17.6 Å². The molecule has 3 N–H and O–H groups in total. The Morgan fingerprint density at radius 1 is 1.00 bits per heavy atom. The van der Waals surface area contributed by atoms with Gasteiger partial charge in [0.2, 0.25) is 5.90 Å². The molecular weight excluding hydrogens is 686 g/mol. The minimum Gasteiger partial charge on any atom is -0.494 e. The van der Waals surface area contributed by atoms with E-state index in [4.69, 9.17) is 66.0 Å². The number of hydrazine groups is 1. The van der Waals surface area contributed by atoms with Gasteiger partial charge >= 0.3 is 0 Å². The molecule has 0 fully saturated rings.